The highest BCUT2D eigenvalue weighted by Crippen LogP contribution is 2.20. The van der Waals surface area contributed by atoms with E-state index in [1.807, 2.05) is 34.9 Å². The normalized spacial score (nSPS) is 18.6. The molecule has 1 fully saturated rings. The third-order valence-electron chi connectivity index (χ3n) is 4.84. The van der Waals surface area contributed by atoms with Gasteiger partial charge in [0, 0.05) is 25.8 Å². The van der Waals surface area contributed by atoms with Crippen LogP contribution in [-0.2, 0) is 10.0 Å². The molecular weight excluding hydrogens is 364 g/mol. The van der Waals surface area contributed by atoms with Gasteiger partial charge < -0.3 is 5.32 Å². The molecule has 1 aliphatic heterocycles. The maximum atomic E-state index is 11.8. The first-order chi connectivity index (χ1) is 13.0. The van der Waals surface area contributed by atoms with Crippen LogP contribution in [0, 0.1) is 5.92 Å². The van der Waals surface area contributed by atoms with Crippen LogP contribution in [-0.4, -0.2) is 58.1 Å². The van der Waals surface area contributed by atoms with E-state index >= 15 is 0 Å². The molecule has 0 radical (unpaired) electrons. The Morgan fingerprint density at radius 3 is 2.93 bits per heavy atom. The zero-order chi connectivity index (χ0) is 18.9. The molecule has 1 atom stereocenters. The van der Waals surface area contributed by atoms with Crippen LogP contribution in [0.5, 0.6) is 0 Å². The van der Waals surface area contributed by atoms with Crippen LogP contribution in [0.1, 0.15) is 12.8 Å². The van der Waals surface area contributed by atoms with Gasteiger partial charge in [-0.15, -0.1) is 0 Å². The van der Waals surface area contributed by atoms with Gasteiger partial charge in [-0.3, -0.25) is 4.57 Å². The first kappa shape index (κ1) is 17.9. The number of anilines is 1. The molecule has 0 saturated carbocycles. The minimum absolute atomic E-state index is 0.245. The average molecular weight is 386 g/mol. The summed E-state index contributed by atoms with van der Waals surface area (Å²) in [4.78, 5) is 13.3. The van der Waals surface area contributed by atoms with E-state index in [0.29, 0.717) is 25.6 Å². The number of para-hydroxylation sites is 2. The number of nitrogens with one attached hydrogen (secondary N) is 1. The van der Waals surface area contributed by atoms with Crippen molar-refractivity contribution < 1.29 is 8.42 Å². The highest BCUT2D eigenvalue weighted by atomic mass is 32.2. The minimum Gasteiger partial charge on any atom is -0.354 e. The number of imidazole rings is 1. The predicted octanol–water partition coefficient (Wildman–Crippen LogP) is 1.90. The lowest BCUT2D eigenvalue weighted by Crippen LogP contribution is -2.41. The molecule has 1 aliphatic rings. The van der Waals surface area contributed by atoms with Gasteiger partial charge in [0.15, 0.2) is 0 Å². The summed E-state index contributed by atoms with van der Waals surface area (Å²) < 4.78 is 27.0. The van der Waals surface area contributed by atoms with Gasteiger partial charge in [0.05, 0.1) is 17.3 Å². The number of fused-ring (bicyclic) bond motifs is 1. The lowest BCUT2D eigenvalue weighted by Gasteiger charge is -2.30. The van der Waals surface area contributed by atoms with Crippen LogP contribution in [0.3, 0.4) is 0 Å². The maximum absolute atomic E-state index is 11.8. The summed E-state index contributed by atoms with van der Waals surface area (Å²) >= 11 is 0. The van der Waals surface area contributed by atoms with E-state index in [1.165, 1.54) is 6.26 Å². The van der Waals surface area contributed by atoms with Gasteiger partial charge in [-0.1, -0.05) is 12.1 Å². The monoisotopic (exact) mass is 386 g/mol. The van der Waals surface area contributed by atoms with E-state index in [1.54, 1.807) is 16.8 Å². The lowest BCUT2D eigenvalue weighted by atomic mass is 10.00. The zero-order valence-electron chi connectivity index (χ0n) is 15.1. The van der Waals surface area contributed by atoms with Crippen molar-refractivity contribution in [3.05, 3.63) is 42.9 Å². The van der Waals surface area contributed by atoms with Gasteiger partial charge in [-0.05, 0) is 37.0 Å². The fourth-order valence-corrected chi connectivity index (χ4v) is 4.38. The van der Waals surface area contributed by atoms with Crippen molar-refractivity contribution in [2.45, 2.75) is 12.8 Å². The van der Waals surface area contributed by atoms with Crippen LogP contribution in [0.4, 0.5) is 5.95 Å². The summed E-state index contributed by atoms with van der Waals surface area (Å²) in [6, 6.07) is 9.72. The largest absolute Gasteiger partial charge is 0.354 e. The van der Waals surface area contributed by atoms with Crippen LogP contribution >= 0.6 is 0 Å². The Morgan fingerprint density at radius 1 is 1.22 bits per heavy atom. The van der Waals surface area contributed by atoms with E-state index in [-0.39, 0.29) is 5.92 Å². The Hall–Kier alpha value is -2.52. The van der Waals surface area contributed by atoms with Crippen molar-refractivity contribution in [1.29, 1.82) is 0 Å². The standard InChI is InChI=1S/C18H22N6O2S/c1-27(25,26)23-10-4-5-14(12-23)11-20-18-19-9-8-17(22-18)24-13-21-15-6-2-3-7-16(15)24/h2-3,6-9,13-14H,4-5,10-12H2,1H3,(H,19,20,22)/t14-/m1/s1. The second-order valence-electron chi connectivity index (χ2n) is 6.85. The van der Waals surface area contributed by atoms with Crippen LogP contribution in [0.15, 0.2) is 42.9 Å². The Morgan fingerprint density at radius 2 is 2.07 bits per heavy atom. The van der Waals surface area contributed by atoms with Crippen molar-refractivity contribution in [3.63, 3.8) is 0 Å². The second kappa shape index (κ2) is 7.24. The summed E-state index contributed by atoms with van der Waals surface area (Å²) in [7, 11) is -3.13. The highest BCUT2D eigenvalue weighted by Gasteiger charge is 2.25. The summed E-state index contributed by atoms with van der Waals surface area (Å²) in [5.41, 5.74) is 1.90. The number of sulfonamides is 1. The second-order valence-corrected chi connectivity index (χ2v) is 8.83. The number of hydrogen-bond donors (Lipinski definition) is 1. The molecule has 2 aromatic heterocycles. The van der Waals surface area contributed by atoms with Crippen molar-refractivity contribution in [2.75, 3.05) is 31.2 Å². The van der Waals surface area contributed by atoms with Crippen LogP contribution in [0.2, 0.25) is 0 Å². The number of benzene rings is 1. The SMILES string of the molecule is CS(=O)(=O)N1CCC[C@H](CNc2nccc(-n3cnc4ccccc43)n2)C1. The molecule has 3 aromatic rings. The zero-order valence-corrected chi connectivity index (χ0v) is 15.9. The molecule has 1 aromatic carbocycles. The van der Waals surface area contributed by atoms with Crippen molar-refractivity contribution in [3.8, 4) is 5.82 Å². The fraction of sp³-hybridized carbons (Fsp3) is 0.389. The number of rotatable bonds is 5. The van der Waals surface area contributed by atoms with Gasteiger partial charge in [0.25, 0.3) is 0 Å². The molecule has 142 valence electrons. The summed E-state index contributed by atoms with van der Waals surface area (Å²) in [6.45, 7) is 1.78. The van der Waals surface area contributed by atoms with E-state index in [2.05, 4.69) is 20.3 Å². The first-order valence-electron chi connectivity index (χ1n) is 8.95. The molecule has 0 bridgehead atoms. The lowest BCUT2D eigenvalue weighted by molar-refractivity contribution is 0.276. The highest BCUT2D eigenvalue weighted by molar-refractivity contribution is 7.88. The Labute approximate surface area is 158 Å². The topological polar surface area (TPSA) is 93.0 Å². The van der Waals surface area contributed by atoms with E-state index in [9.17, 15) is 8.42 Å². The molecule has 9 heteroatoms. The Kier molecular flexibility index (Phi) is 4.79. The van der Waals surface area contributed by atoms with Gasteiger partial charge in [-0.2, -0.15) is 4.98 Å². The van der Waals surface area contributed by atoms with Crippen LogP contribution < -0.4 is 5.32 Å². The molecule has 0 amide bonds. The molecule has 0 spiro atoms. The molecule has 4 rings (SSSR count). The van der Waals surface area contributed by atoms with E-state index in [0.717, 1.165) is 29.7 Å². The molecule has 1 N–H and O–H groups in total. The van der Waals surface area contributed by atoms with E-state index < -0.39 is 10.0 Å². The predicted molar refractivity (Wildman–Crippen MR) is 104 cm³/mol. The van der Waals surface area contributed by atoms with Gasteiger partial charge in [-0.25, -0.2) is 22.7 Å². The molecular formula is C18H22N6O2S. The average Bonchev–Trinajstić information content (AvgIpc) is 3.10. The third-order valence-corrected chi connectivity index (χ3v) is 6.11. The molecule has 27 heavy (non-hydrogen) atoms. The number of nitrogens with zero attached hydrogens (tertiary/aromatic N) is 5. The number of piperidine rings is 1. The fourth-order valence-electron chi connectivity index (χ4n) is 3.44. The number of aromatic nitrogens is 4. The van der Waals surface area contributed by atoms with Gasteiger partial charge in [0.1, 0.15) is 12.1 Å². The molecule has 3 heterocycles. The summed E-state index contributed by atoms with van der Waals surface area (Å²) in [5, 5.41) is 3.26. The summed E-state index contributed by atoms with van der Waals surface area (Å²) in [5.74, 6) is 1.51. The minimum atomic E-state index is -3.13. The molecule has 1 saturated heterocycles. The van der Waals surface area contributed by atoms with Gasteiger partial charge >= 0.3 is 0 Å². The van der Waals surface area contributed by atoms with Gasteiger partial charge in [0.2, 0.25) is 16.0 Å². The number of hydrogen-bond acceptors (Lipinski definition) is 6. The van der Waals surface area contributed by atoms with Crippen molar-refractivity contribution in [1.82, 2.24) is 23.8 Å². The molecule has 8 nitrogen and oxygen atoms in total. The molecule has 0 aliphatic carbocycles. The van der Waals surface area contributed by atoms with Crippen molar-refractivity contribution >= 4 is 27.0 Å². The first-order valence-corrected chi connectivity index (χ1v) is 10.8. The van der Waals surface area contributed by atoms with Crippen LogP contribution in [0.25, 0.3) is 16.9 Å². The third kappa shape index (κ3) is 3.93. The summed E-state index contributed by atoms with van der Waals surface area (Å²) in [6.07, 6.45) is 6.60. The smallest absolute Gasteiger partial charge is 0.224 e. The van der Waals surface area contributed by atoms with E-state index in [4.69, 9.17) is 0 Å². The Bertz CT molecular complexity index is 1050. The van der Waals surface area contributed by atoms with Crippen molar-refractivity contribution in [2.24, 2.45) is 5.92 Å². The maximum Gasteiger partial charge on any atom is 0.224 e. The quantitative estimate of drug-likeness (QED) is 0.720. The molecule has 0 unspecified atom stereocenters. The Balaban J connectivity index is 1.47.